The Bertz CT molecular complexity index is 1080. The van der Waals surface area contributed by atoms with Gasteiger partial charge in [0, 0.05) is 33.6 Å². The van der Waals surface area contributed by atoms with E-state index in [1.165, 1.54) is 6.07 Å². The Labute approximate surface area is 188 Å². The third kappa shape index (κ3) is 2.55. The number of halogens is 5. The van der Waals surface area contributed by atoms with Crippen molar-refractivity contribution in [1.29, 1.82) is 0 Å². The normalized spacial score (nSPS) is 29.8. The van der Waals surface area contributed by atoms with E-state index in [4.69, 9.17) is 23.2 Å². The van der Waals surface area contributed by atoms with Crippen molar-refractivity contribution in [2.24, 2.45) is 5.41 Å². The Morgan fingerprint density at radius 1 is 1.13 bits per heavy atom. The van der Waals surface area contributed by atoms with Crippen molar-refractivity contribution >= 4 is 34.8 Å². The highest BCUT2D eigenvalue weighted by molar-refractivity contribution is 6.31. The van der Waals surface area contributed by atoms with Crippen molar-refractivity contribution in [3.63, 3.8) is 0 Å². The number of nitrogens with one attached hydrogen (secondary N) is 2. The molecule has 2 N–H and O–H groups in total. The molecular formula is C23H21Cl2F3N2O. The summed E-state index contributed by atoms with van der Waals surface area (Å²) in [5.41, 5.74) is -1.82. The number of carbonyl (C=O) groups is 1. The number of benzene rings is 2. The van der Waals surface area contributed by atoms with Gasteiger partial charge in [-0.1, -0.05) is 41.4 Å². The minimum absolute atomic E-state index is 0.0361. The monoisotopic (exact) mass is 468 g/mol. The van der Waals surface area contributed by atoms with Crippen molar-refractivity contribution < 1.29 is 18.0 Å². The maximum atomic E-state index is 15.3. The summed E-state index contributed by atoms with van der Waals surface area (Å²) in [4.78, 5) is 13.8. The second-order valence-electron chi connectivity index (χ2n) is 9.21. The fraction of sp³-hybridized carbons (Fsp3) is 0.435. The van der Waals surface area contributed by atoms with Crippen molar-refractivity contribution in [3.8, 4) is 0 Å². The van der Waals surface area contributed by atoms with Crippen LogP contribution in [0.25, 0.3) is 0 Å². The molecule has 0 unspecified atom stereocenters. The lowest BCUT2D eigenvalue weighted by atomic mass is 9.46. The van der Waals surface area contributed by atoms with Crippen molar-refractivity contribution in [2.75, 3.05) is 18.7 Å². The molecule has 1 saturated carbocycles. The third-order valence-electron chi connectivity index (χ3n) is 7.48. The molecule has 3 aliphatic rings. The summed E-state index contributed by atoms with van der Waals surface area (Å²) in [5, 5.41) is 6.79. The first kappa shape index (κ1) is 21.1. The Balaban J connectivity index is 1.78. The first-order valence-electron chi connectivity index (χ1n) is 10.2. The van der Waals surface area contributed by atoms with Gasteiger partial charge in [0.15, 0.2) is 0 Å². The Hall–Kier alpha value is -1.76. The van der Waals surface area contributed by atoms with Crippen LogP contribution in [-0.2, 0) is 10.2 Å². The molecule has 1 amide bonds. The first-order chi connectivity index (χ1) is 14.7. The molecule has 0 aromatic heterocycles. The molecule has 0 bridgehead atoms. The summed E-state index contributed by atoms with van der Waals surface area (Å²) in [7, 11) is 0. The number of hydrogen-bond acceptors (Lipinski definition) is 2. The maximum absolute atomic E-state index is 15.3. The summed E-state index contributed by atoms with van der Waals surface area (Å²) in [6, 6.07) is 9.48. The molecule has 2 spiro atoms. The number of hydrogen-bond donors (Lipinski definition) is 2. The van der Waals surface area contributed by atoms with Crippen LogP contribution in [0.1, 0.15) is 36.8 Å². The van der Waals surface area contributed by atoms with Crippen molar-refractivity contribution in [1.82, 2.24) is 5.32 Å². The van der Waals surface area contributed by atoms with Gasteiger partial charge in [0.2, 0.25) is 5.91 Å². The quantitative estimate of drug-likeness (QED) is 0.619. The molecule has 3 atom stereocenters. The molecule has 1 saturated heterocycles. The van der Waals surface area contributed by atoms with Crippen LogP contribution in [0.5, 0.6) is 0 Å². The number of fused-ring (bicyclic) bond motifs is 3. The highest BCUT2D eigenvalue weighted by Gasteiger charge is 2.76. The number of amides is 1. The largest absolute Gasteiger partial charge is 0.325 e. The van der Waals surface area contributed by atoms with Gasteiger partial charge >= 0.3 is 0 Å². The Morgan fingerprint density at radius 3 is 2.52 bits per heavy atom. The molecule has 2 aromatic rings. The Kier molecular flexibility index (Phi) is 4.68. The third-order valence-corrected chi connectivity index (χ3v) is 8.00. The fourth-order valence-corrected chi connectivity index (χ4v) is 6.85. The smallest absolute Gasteiger partial charge is 0.237 e. The van der Waals surface area contributed by atoms with E-state index in [9.17, 15) is 13.6 Å². The number of carbonyl (C=O) groups excluding carboxylic acids is 1. The van der Waals surface area contributed by atoms with Crippen LogP contribution in [0.15, 0.2) is 36.4 Å². The van der Waals surface area contributed by atoms with Crippen LogP contribution in [-0.4, -0.2) is 30.8 Å². The van der Waals surface area contributed by atoms with E-state index in [-0.39, 0.29) is 29.8 Å². The van der Waals surface area contributed by atoms with Gasteiger partial charge < -0.3 is 10.6 Å². The lowest BCUT2D eigenvalue weighted by Crippen LogP contribution is -2.70. The lowest BCUT2D eigenvalue weighted by Gasteiger charge is -2.59. The minimum atomic E-state index is -1.26. The molecule has 2 heterocycles. The number of rotatable bonds is 3. The summed E-state index contributed by atoms with van der Waals surface area (Å²) in [5.74, 6) is -1.54. The average molecular weight is 469 g/mol. The van der Waals surface area contributed by atoms with Crippen LogP contribution in [0, 0.1) is 11.2 Å². The van der Waals surface area contributed by atoms with Gasteiger partial charge in [-0.2, -0.15) is 0 Å². The van der Waals surface area contributed by atoms with Gasteiger partial charge in [-0.3, -0.25) is 13.6 Å². The molecule has 8 heteroatoms. The Morgan fingerprint density at radius 2 is 1.84 bits per heavy atom. The average Bonchev–Trinajstić information content (AvgIpc) is 3.14. The van der Waals surface area contributed by atoms with Gasteiger partial charge in [-0.05, 0) is 49.1 Å². The SMILES string of the molecule is C[C@@H]1NC2(CC(CF)(CF)C2)[C@@]2(C(=O)Nc3cc(Cl)ccc32)[C@H]1c1cccc(Cl)c1F. The molecule has 1 aliphatic carbocycles. The molecule has 3 nitrogen and oxygen atoms in total. The van der Waals surface area contributed by atoms with Crippen LogP contribution in [0.2, 0.25) is 10.0 Å². The molecule has 2 aliphatic heterocycles. The summed E-state index contributed by atoms with van der Waals surface area (Å²) >= 11 is 12.2. The first-order valence-corrected chi connectivity index (χ1v) is 10.9. The predicted molar refractivity (Wildman–Crippen MR) is 115 cm³/mol. The predicted octanol–water partition coefficient (Wildman–Crippen LogP) is 5.56. The van der Waals surface area contributed by atoms with E-state index >= 15 is 4.39 Å². The van der Waals surface area contributed by atoms with Crippen LogP contribution < -0.4 is 10.6 Å². The standard InChI is InChI=1S/C23H21Cl2F3N2O/c1-12-18(14-3-2-4-16(25)19(14)28)23(22(30-12)8-21(9-22,10-26)11-27)15-6-5-13(24)7-17(15)29-20(23)31/h2-7,12,18,30H,8-11H2,1H3,(H,29,31)/t12-,18+,23+/m0/s1. The van der Waals surface area contributed by atoms with E-state index in [0.29, 0.717) is 21.8 Å². The molecule has 0 radical (unpaired) electrons. The van der Waals surface area contributed by atoms with Crippen LogP contribution >= 0.6 is 23.2 Å². The van der Waals surface area contributed by atoms with E-state index in [1.807, 2.05) is 6.92 Å². The van der Waals surface area contributed by atoms with Crippen molar-refractivity contribution in [2.45, 2.75) is 42.7 Å². The molecule has 2 fully saturated rings. The van der Waals surface area contributed by atoms with Gasteiger partial charge in [0.1, 0.15) is 11.2 Å². The summed E-state index contributed by atoms with van der Waals surface area (Å²) in [6.45, 7) is 0.235. The second kappa shape index (κ2) is 6.87. The van der Waals surface area contributed by atoms with Crippen molar-refractivity contribution in [3.05, 3.63) is 63.4 Å². The highest BCUT2D eigenvalue weighted by Crippen LogP contribution is 2.68. The lowest BCUT2D eigenvalue weighted by molar-refractivity contribution is -0.131. The van der Waals surface area contributed by atoms with Gasteiger partial charge in [-0.25, -0.2) is 4.39 Å². The van der Waals surface area contributed by atoms with E-state index in [0.717, 1.165) is 0 Å². The number of anilines is 1. The number of alkyl halides is 2. The summed E-state index contributed by atoms with van der Waals surface area (Å²) < 4.78 is 42.9. The van der Waals surface area contributed by atoms with Gasteiger partial charge in [0.05, 0.1) is 18.4 Å². The fourth-order valence-electron chi connectivity index (χ4n) is 6.49. The van der Waals surface area contributed by atoms with E-state index < -0.39 is 41.5 Å². The van der Waals surface area contributed by atoms with Crippen LogP contribution in [0.4, 0.5) is 18.9 Å². The van der Waals surface area contributed by atoms with Gasteiger partial charge in [-0.15, -0.1) is 0 Å². The minimum Gasteiger partial charge on any atom is -0.325 e. The highest BCUT2D eigenvalue weighted by atomic mass is 35.5. The van der Waals surface area contributed by atoms with Gasteiger partial charge in [0.25, 0.3) is 0 Å². The van der Waals surface area contributed by atoms with E-state index in [2.05, 4.69) is 10.6 Å². The van der Waals surface area contributed by atoms with E-state index in [1.54, 1.807) is 30.3 Å². The molecule has 5 rings (SSSR count). The summed E-state index contributed by atoms with van der Waals surface area (Å²) in [6.07, 6.45) is 0.261. The molecular weight excluding hydrogens is 448 g/mol. The zero-order valence-corrected chi connectivity index (χ0v) is 18.3. The zero-order chi connectivity index (χ0) is 22.2. The van der Waals surface area contributed by atoms with Crippen LogP contribution in [0.3, 0.4) is 0 Å². The second-order valence-corrected chi connectivity index (χ2v) is 10.1. The zero-order valence-electron chi connectivity index (χ0n) is 16.7. The maximum Gasteiger partial charge on any atom is 0.237 e. The topological polar surface area (TPSA) is 41.1 Å². The molecule has 164 valence electrons. The molecule has 2 aromatic carbocycles. The molecule has 31 heavy (non-hydrogen) atoms.